The third-order valence-corrected chi connectivity index (χ3v) is 2.65. The minimum atomic E-state index is 0.0461. The van der Waals surface area contributed by atoms with E-state index in [-0.39, 0.29) is 5.92 Å². The number of carbonyl (C=O) groups is 1. The van der Waals surface area contributed by atoms with Crippen LogP contribution in [0.15, 0.2) is 12.1 Å². The summed E-state index contributed by atoms with van der Waals surface area (Å²) in [6.07, 6.45) is 1.80. The van der Waals surface area contributed by atoms with Gasteiger partial charge in [0, 0.05) is 5.92 Å². The SMILES string of the molecule is COc1cc2c(cc1OC)[C@@H](C=O)C2. The molecule has 3 heteroatoms. The molecule has 1 aliphatic rings. The van der Waals surface area contributed by atoms with E-state index >= 15 is 0 Å². The van der Waals surface area contributed by atoms with Crippen LogP contribution < -0.4 is 9.47 Å². The highest BCUT2D eigenvalue weighted by molar-refractivity contribution is 5.70. The van der Waals surface area contributed by atoms with Crippen LogP contribution in [0.2, 0.25) is 0 Å². The summed E-state index contributed by atoms with van der Waals surface area (Å²) in [6, 6.07) is 3.82. The molecule has 0 saturated carbocycles. The van der Waals surface area contributed by atoms with Gasteiger partial charge in [-0.15, -0.1) is 0 Å². The number of fused-ring (bicyclic) bond motifs is 1. The Bertz CT molecular complexity index is 371. The zero-order valence-corrected chi connectivity index (χ0v) is 8.24. The van der Waals surface area contributed by atoms with E-state index in [9.17, 15) is 4.79 Å². The predicted molar refractivity (Wildman–Crippen MR) is 52.1 cm³/mol. The first-order valence-corrected chi connectivity index (χ1v) is 4.50. The fourth-order valence-electron chi connectivity index (χ4n) is 1.80. The van der Waals surface area contributed by atoms with Gasteiger partial charge in [0.2, 0.25) is 0 Å². The number of benzene rings is 1. The van der Waals surface area contributed by atoms with Gasteiger partial charge in [0.15, 0.2) is 11.5 Å². The Morgan fingerprint density at radius 2 is 1.93 bits per heavy atom. The number of rotatable bonds is 3. The molecule has 0 saturated heterocycles. The zero-order chi connectivity index (χ0) is 10.1. The molecule has 3 nitrogen and oxygen atoms in total. The van der Waals surface area contributed by atoms with Gasteiger partial charge in [0.1, 0.15) is 6.29 Å². The van der Waals surface area contributed by atoms with Crippen LogP contribution in [0.25, 0.3) is 0 Å². The Balaban J connectivity index is 2.43. The predicted octanol–water partition coefficient (Wildman–Crippen LogP) is 1.54. The van der Waals surface area contributed by atoms with Gasteiger partial charge in [-0.3, -0.25) is 0 Å². The summed E-state index contributed by atoms with van der Waals surface area (Å²) >= 11 is 0. The average Bonchev–Trinajstić information content (AvgIpc) is 2.20. The number of aldehydes is 1. The number of carbonyl (C=O) groups excluding carboxylic acids is 1. The molecule has 0 heterocycles. The first-order chi connectivity index (χ1) is 6.80. The largest absolute Gasteiger partial charge is 0.493 e. The second-order valence-electron chi connectivity index (χ2n) is 3.35. The second-order valence-corrected chi connectivity index (χ2v) is 3.35. The molecular formula is C11H12O3. The lowest BCUT2D eigenvalue weighted by atomic mass is 9.78. The number of hydrogen-bond donors (Lipinski definition) is 0. The second kappa shape index (κ2) is 3.33. The molecule has 0 spiro atoms. The summed E-state index contributed by atoms with van der Waals surface area (Å²) in [6.45, 7) is 0. The van der Waals surface area contributed by atoms with Crippen LogP contribution in [-0.2, 0) is 11.2 Å². The van der Waals surface area contributed by atoms with Gasteiger partial charge in [0.05, 0.1) is 14.2 Å². The number of methoxy groups -OCH3 is 2. The maximum absolute atomic E-state index is 10.6. The third kappa shape index (κ3) is 1.16. The average molecular weight is 192 g/mol. The smallest absolute Gasteiger partial charge is 0.161 e. The highest BCUT2D eigenvalue weighted by Crippen LogP contribution is 2.41. The zero-order valence-electron chi connectivity index (χ0n) is 8.24. The molecule has 2 rings (SSSR count). The number of hydrogen-bond acceptors (Lipinski definition) is 3. The first-order valence-electron chi connectivity index (χ1n) is 4.50. The van der Waals surface area contributed by atoms with E-state index in [0.29, 0.717) is 5.75 Å². The Morgan fingerprint density at radius 1 is 1.29 bits per heavy atom. The van der Waals surface area contributed by atoms with E-state index in [2.05, 4.69) is 0 Å². The standard InChI is InChI=1S/C11H12O3/c1-13-10-4-7-3-8(6-12)9(7)5-11(10)14-2/h4-6,8H,3H2,1-2H3/t8-/m1/s1. The number of ether oxygens (including phenoxy) is 2. The minimum absolute atomic E-state index is 0.0461. The van der Waals surface area contributed by atoms with Gasteiger partial charge in [0.25, 0.3) is 0 Å². The maximum Gasteiger partial charge on any atom is 0.161 e. The molecule has 0 aliphatic heterocycles. The molecule has 0 radical (unpaired) electrons. The molecule has 0 fully saturated rings. The molecule has 0 aromatic heterocycles. The summed E-state index contributed by atoms with van der Waals surface area (Å²) < 4.78 is 10.3. The highest BCUT2D eigenvalue weighted by atomic mass is 16.5. The van der Waals surface area contributed by atoms with E-state index in [0.717, 1.165) is 24.0 Å². The van der Waals surface area contributed by atoms with Crippen molar-refractivity contribution >= 4 is 6.29 Å². The topological polar surface area (TPSA) is 35.5 Å². The van der Waals surface area contributed by atoms with Crippen molar-refractivity contribution in [3.05, 3.63) is 23.3 Å². The molecular weight excluding hydrogens is 180 g/mol. The lowest BCUT2D eigenvalue weighted by molar-refractivity contribution is -0.109. The lowest BCUT2D eigenvalue weighted by Gasteiger charge is -2.27. The van der Waals surface area contributed by atoms with Crippen molar-refractivity contribution in [2.24, 2.45) is 0 Å². The van der Waals surface area contributed by atoms with Gasteiger partial charge < -0.3 is 14.3 Å². The fraction of sp³-hybridized carbons (Fsp3) is 0.364. The monoisotopic (exact) mass is 192 g/mol. The summed E-state index contributed by atoms with van der Waals surface area (Å²) in [5.74, 6) is 1.47. The van der Waals surface area contributed by atoms with Gasteiger partial charge in [-0.2, -0.15) is 0 Å². The van der Waals surface area contributed by atoms with Gasteiger partial charge in [-0.1, -0.05) is 0 Å². The third-order valence-electron chi connectivity index (χ3n) is 2.65. The molecule has 0 amide bonds. The minimum Gasteiger partial charge on any atom is -0.493 e. The van der Waals surface area contributed by atoms with E-state index in [4.69, 9.17) is 9.47 Å². The highest BCUT2D eigenvalue weighted by Gasteiger charge is 2.27. The van der Waals surface area contributed by atoms with Crippen molar-refractivity contribution in [3.63, 3.8) is 0 Å². The summed E-state index contributed by atoms with van der Waals surface area (Å²) in [5.41, 5.74) is 2.25. The molecule has 1 aliphatic carbocycles. The van der Waals surface area contributed by atoms with E-state index in [1.165, 1.54) is 5.56 Å². The summed E-state index contributed by atoms with van der Waals surface area (Å²) in [4.78, 5) is 10.6. The molecule has 74 valence electrons. The van der Waals surface area contributed by atoms with Crippen LogP contribution in [0, 0.1) is 0 Å². The molecule has 1 aromatic carbocycles. The molecule has 0 bridgehead atoms. The molecule has 14 heavy (non-hydrogen) atoms. The molecule has 1 atom stereocenters. The van der Waals surface area contributed by atoms with Crippen molar-refractivity contribution in [3.8, 4) is 11.5 Å². The van der Waals surface area contributed by atoms with Gasteiger partial charge in [-0.25, -0.2) is 0 Å². The quantitative estimate of drug-likeness (QED) is 0.681. The Kier molecular flexibility index (Phi) is 2.15. The van der Waals surface area contributed by atoms with Gasteiger partial charge >= 0.3 is 0 Å². The maximum atomic E-state index is 10.6. The molecule has 1 aromatic rings. The summed E-state index contributed by atoms with van der Waals surface area (Å²) in [7, 11) is 3.21. The van der Waals surface area contributed by atoms with E-state index in [1.54, 1.807) is 14.2 Å². The fourth-order valence-corrected chi connectivity index (χ4v) is 1.80. The Labute approximate surface area is 82.6 Å². The van der Waals surface area contributed by atoms with Crippen LogP contribution in [0.1, 0.15) is 17.0 Å². The first kappa shape index (κ1) is 9.06. The van der Waals surface area contributed by atoms with E-state index in [1.807, 2.05) is 12.1 Å². The van der Waals surface area contributed by atoms with E-state index < -0.39 is 0 Å². The molecule has 0 unspecified atom stereocenters. The molecule has 0 N–H and O–H groups in total. The normalized spacial score (nSPS) is 18.0. The van der Waals surface area contributed by atoms with Crippen LogP contribution in [0.3, 0.4) is 0 Å². The Morgan fingerprint density at radius 3 is 2.50 bits per heavy atom. The van der Waals surface area contributed by atoms with Crippen molar-refractivity contribution in [2.45, 2.75) is 12.3 Å². The van der Waals surface area contributed by atoms with Crippen LogP contribution >= 0.6 is 0 Å². The van der Waals surface area contributed by atoms with Gasteiger partial charge in [-0.05, 0) is 29.7 Å². The van der Waals surface area contributed by atoms with Crippen LogP contribution in [-0.4, -0.2) is 20.5 Å². The van der Waals surface area contributed by atoms with Crippen molar-refractivity contribution in [2.75, 3.05) is 14.2 Å². The lowest BCUT2D eigenvalue weighted by Crippen LogP contribution is -2.18. The van der Waals surface area contributed by atoms with Crippen molar-refractivity contribution in [1.29, 1.82) is 0 Å². The summed E-state index contributed by atoms with van der Waals surface area (Å²) in [5, 5.41) is 0. The van der Waals surface area contributed by atoms with Crippen LogP contribution in [0.4, 0.5) is 0 Å². The van der Waals surface area contributed by atoms with Crippen molar-refractivity contribution < 1.29 is 14.3 Å². The van der Waals surface area contributed by atoms with Crippen molar-refractivity contribution in [1.82, 2.24) is 0 Å². The van der Waals surface area contributed by atoms with Crippen LogP contribution in [0.5, 0.6) is 11.5 Å². The Hall–Kier alpha value is -1.51.